The van der Waals surface area contributed by atoms with Crippen LogP contribution in [0.25, 0.3) is 0 Å². The van der Waals surface area contributed by atoms with Gasteiger partial charge in [0, 0.05) is 35.9 Å². The largest absolute Gasteiger partial charge is 0.355 e. The third-order valence-corrected chi connectivity index (χ3v) is 6.41. The second-order valence-corrected chi connectivity index (χ2v) is 8.48. The van der Waals surface area contributed by atoms with Gasteiger partial charge in [0.1, 0.15) is 0 Å². The third kappa shape index (κ3) is 3.88. The Morgan fingerprint density at radius 2 is 1.69 bits per heavy atom. The minimum atomic E-state index is -0.0298. The topological polar surface area (TPSA) is 53.2 Å². The van der Waals surface area contributed by atoms with Gasteiger partial charge < -0.3 is 9.88 Å². The van der Waals surface area contributed by atoms with Crippen molar-refractivity contribution in [3.05, 3.63) is 52.3 Å². The molecule has 3 rings (SSSR count). The van der Waals surface area contributed by atoms with Crippen molar-refractivity contribution in [2.24, 2.45) is 0 Å². The number of piperidine rings is 1. The molecule has 5 heteroatoms. The Hall–Kier alpha value is -2.01. The lowest BCUT2D eigenvalue weighted by atomic mass is 10.0. The molecule has 2 heterocycles. The van der Waals surface area contributed by atoms with Gasteiger partial charge in [0.15, 0.2) is 5.78 Å². The molecule has 1 N–H and O–H groups in total. The van der Waals surface area contributed by atoms with Crippen LogP contribution in [-0.2, 0) is 0 Å². The molecule has 0 atom stereocenters. The molecule has 2 aromatic rings. The number of aryl methyl sites for hydroxylation is 2. The number of nitrogens with one attached hydrogen (secondary N) is 1. The maximum atomic E-state index is 13.0. The second kappa shape index (κ2) is 7.70. The van der Waals surface area contributed by atoms with Gasteiger partial charge in [-0.25, -0.2) is 0 Å². The summed E-state index contributed by atoms with van der Waals surface area (Å²) in [6, 6.07) is 8.64. The van der Waals surface area contributed by atoms with Gasteiger partial charge in [0.25, 0.3) is 5.91 Å². The number of H-pyrrole nitrogens is 1. The van der Waals surface area contributed by atoms with Crippen LogP contribution >= 0.6 is 11.8 Å². The molecule has 138 valence electrons. The quantitative estimate of drug-likeness (QED) is 0.804. The number of ketones is 1. The number of hydrogen-bond donors (Lipinski definition) is 1. The lowest BCUT2D eigenvalue weighted by molar-refractivity contribution is 0.0726. The van der Waals surface area contributed by atoms with Gasteiger partial charge in [0.2, 0.25) is 0 Å². The van der Waals surface area contributed by atoms with Crippen LogP contribution in [-0.4, -0.2) is 39.9 Å². The first-order chi connectivity index (χ1) is 12.4. The lowest BCUT2D eigenvalue weighted by Gasteiger charge is -2.32. The highest BCUT2D eigenvalue weighted by Crippen LogP contribution is 2.31. The van der Waals surface area contributed by atoms with E-state index in [0.717, 1.165) is 37.2 Å². The molecule has 0 unspecified atom stereocenters. The Kier molecular flexibility index (Phi) is 5.56. The number of rotatable bonds is 4. The van der Waals surface area contributed by atoms with Crippen LogP contribution in [0.5, 0.6) is 0 Å². The molecule has 26 heavy (non-hydrogen) atoms. The van der Waals surface area contributed by atoms with Crippen LogP contribution in [0.15, 0.2) is 29.2 Å². The smallest absolute Gasteiger partial charge is 0.255 e. The molecule has 1 aromatic carbocycles. The van der Waals surface area contributed by atoms with Crippen molar-refractivity contribution in [3.8, 4) is 0 Å². The molecule has 1 fully saturated rings. The van der Waals surface area contributed by atoms with E-state index in [9.17, 15) is 9.59 Å². The summed E-state index contributed by atoms with van der Waals surface area (Å²) >= 11 is 1.91. The average Bonchev–Trinajstić information content (AvgIpc) is 2.92. The summed E-state index contributed by atoms with van der Waals surface area (Å²) in [5.74, 6) is 0.0143. The van der Waals surface area contributed by atoms with E-state index in [1.807, 2.05) is 30.5 Å². The van der Waals surface area contributed by atoms with Crippen molar-refractivity contribution in [3.63, 3.8) is 0 Å². The number of aromatic nitrogens is 1. The predicted molar refractivity (Wildman–Crippen MR) is 106 cm³/mol. The average molecular weight is 371 g/mol. The molecule has 1 amide bonds. The second-order valence-electron chi connectivity index (χ2n) is 7.10. The van der Waals surface area contributed by atoms with Gasteiger partial charge >= 0.3 is 0 Å². The molecule has 0 spiro atoms. The number of Topliss-reactive ketones (excluding diaryl/α,β-unsaturated/α-hetero) is 1. The van der Waals surface area contributed by atoms with Crippen molar-refractivity contribution >= 4 is 23.5 Å². The maximum absolute atomic E-state index is 13.0. The molecular weight excluding hydrogens is 344 g/mol. The van der Waals surface area contributed by atoms with Crippen LogP contribution in [0.2, 0.25) is 0 Å². The molecule has 1 aromatic heterocycles. The molecule has 1 aliphatic heterocycles. The van der Waals surface area contributed by atoms with Gasteiger partial charge in [-0.1, -0.05) is 17.7 Å². The number of thioether (sulfide) groups is 1. The van der Waals surface area contributed by atoms with E-state index in [1.54, 1.807) is 0 Å². The summed E-state index contributed by atoms with van der Waals surface area (Å²) in [6.45, 7) is 8.88. The SMILES string of the molecule is CC(=O)c1[nH]c(C)c(C(=O)N2CCC(Sc3ccc(C)cc3)CC2)c1C. The first-order valence-corrected chi connectivity index (χ1v) is 9.97. The van der Waals surface area contributed by atoms with Gasteiger partial charge in [-0.2, -0.15) is 0 Å². The lowest BCUT2D eigenvalue weighted by Crippen LogP contribution is -2.39. The van der Waals surface area contributed by atoms with Gasteiger partial charge in [0.05, 0.1) is 11.3 Å². The van der Waals surface area contributed by atoms with E-state index < -0.39 is 0 Å². The Labute approximate surface area is 159 Å². The van der Waals surface area contributed by atoms with Crippen LogP contribution < -0.4 is 0 Å². The third-order valence-electron chi connectivity index (χ3n) is 5.06. The van der Waals surface area contributed by atoms with E-state index in [-0.39, 0.29) is 11.7 Å². The molecular formula is C21H26N2O2S. The number of hydrogen-bond acceptors (Lipinski definition) is 3. The fraction of sp³-hybridized carbons (Fsp3) is 0.429. The highest BCUT2D eigenvalue weighted by molar-refractivity contribution is 8.00. The van der Waals surface area contributed by atoms with E-state index in [2.05, 4.69) is 36.2 Å². The summed E-state index contributed by atoms with van der Waals surface area (Å²) in [5.41, 5.74) is 4.05. The fourth-order valence-electron chi connectivity index (χ4n) is 3.57. The Morgan fingerprint density at radius 1 is 1.08 bits per heavy atom. The number of carbonyl (C=O) groups is 2. The van der Waals surface area contributed by atoms with Crippen molar-refractivity contribution in [2.75, 3.05) is 13.1 Å². The zero-order chi connectivity index (χ0) is 18.8. The minimum Gasteiger partial charge on any atom is -0.355 e. The van der Waals surface area contributed by atoms with E-state index >= 15 is 0 Å². The number of aromatic amines is 1. The summed E-state index contributed by atoms with van der Waals surface area (Å²) in [7, 11) is 0. The number of nitrogens with zero attached hydrogens (tertiary/aromatic N) is 1. The van der Waals surface area contributed by atoms with Crippen LogP contribution in [0.1, 0.15) is 57.4 Å². The molecule has 0 radical (unpaired) electrons. The summed E-state index contributed by atoms with van der Waals surface area (Å²) in [5, 5.41) is 0.544. The number of likely N-dealkylation sites (tertiary alicyclic amines) is 1. The van der Waals surface area contributed by atoms with Crippen LogP contribution in [0, 0.1) is 20.8 Å². The molecule has 1 saturated heterocycles. The maximum Gasteiger partial charge on any atom is 0.255 e. The molecule has 0 saturated carbocycles. The monoisotopic (exact) mass is 370 g/mol. The van der Waals surface area contributed by atoms with Gasteiger partial charge in [-0.15, -0.1) is 11.8 Å². The van der Waals surface area contributed by atoms with Crippen molar-refractivity contribution in [1.82, 2.24) is 9.88 Å². The van der Waals surface area contributed by atoms with E-state index in [4.69, 9.17) is 0 Å². The van der Waals surface area contributed by atoms with Gasteiger partial charge in [-0.3, -0.25) is 9.59 Å². The van der Waals surface area contributed by atoms with Crippen LogP contribution in [0.3, 0.4) is 0 Å². The summed E-state index contributed by atoms with van der Waals surface area (Å²) in [4.78, 5) is 31.0. The Balaban J connectivity index is 1.64. The zero-order valence-corrected chi connectivity index (χ0v) is 16.7. The molecule has 0 aliphatic carbocycles. The first kappa shape index (κ1) is 18.8. The Morgan fingerprint density at radius 3 is 2.23 bits per heavy atom. The van der Waals surface area contributed by atoms with E-state index in [1.165, 1.54) is 17.4 Å². The number of carbonyl (C=O) groups excluding carboxylic acids is 2. The molecule has 0 bridgehead atoms. The van der Waals surface area contributed by atoms with Crippen molar-refractivity contribution < 1.29 is 9.59 Å². The minimum absolute atomic E-state index is 0.0298. The normalized spacial score (nSPS) is 15.3. The van der Waals surface area contributed by atoms with Gasteiger partial charge in [-0.05, 0) is 51.3 Å². The first-order valence-electron chi connectivity index (χ1n) is 9.09. The highest BCUT2D eigenvalue weighted by atomic mass is 32.2. The van der Waals surface area contributed by atoms with Crippen LogP contribution in [0.4, 0.5) is 0 Å². The predicted octanol–water partition coefficient (Wildman–Crippen LogP) is 4.54. The standard InChI is InChI=1S/C21H26N2O2S/c1-13-5-7-17(8-6-13)26-18-9-11-23(12-10-18)21(25)19-14(2)20(16(4)24)22-15(19)3/h5-8,18,22H,9-12H2,1-4H3. The summed E-state index contributed by atoms with van der Waals surface area (Å²) in [6.07, 6.45) is 1.98. The number of benzene rings is 1. The van der Waals surface area contributed by atoms with Crippen molar-refractivity contribution in [1.29, 1.82) is 0 Å². The highest BCUT2D eigenvalue weighted by Gasteiger charge is 2.28. The zero-order valence-electron chi connectivity index (χ0n) is 15.9. The van der Waals surface area contributed by atoms with Crippen molar-refractivity contribution in [2.45, 2.75) is 50.7 Å². The molecule has 4 nitrogen and oxygen atoms in total. The number of amides is 1. The fourth-order valence-corrected chi connectivity index (χ4v) is 4.69. The van der Waals surface area contributed by atoms with E-state index in [0.29, 0.717) is 16.5 Å². The summed E-state index contributed by atoms with van der Waals surface area (Å²) < 4.78 is 0. The molecule has 1 aliphatic rings. The Bertz CT molecular complexity index is 815.